The molecule has 1 aromatic carbocycles. The third-order valence-corrected chi connectivity index (χ3v) is 7.58. The van der Waals surface area contributed by atoms with E-state index >= 15 is 0 Å². The number of carbonyl (C=O) groups excluding carboxylic acids is 1. The molecule has 11 nitrogen and oxygen atoms in total. The zero-order valence-corrected chi connectivity index (χ0v) is 19.8. The Bertz CT molecular complexity index is 1240. The Morgan fingerprint density at radius 2 is 1.79 bits per heavy atom. The molecular formula is C20H22N4O7S2. The lowest BCUT2D eigenvalue weighted by molar-refractivity contribution is 0.0272. The van der Waals surface area contributed by atoms with E-state index in [1.54, 1.807) is 30.0 Å². The van der Waals surface area contributed by atoms with Gasteiger partial charge in [-0.05, 0) is 13.0 Å². The number of ether oxygens (including phenoxy) is 3. The Morgan fingerprint density at radius 3 is 2.42 bits per heavy atom. The first-order valence-corrected chi connectivity index (χ1v) is 12.2. The molecule has 1 aliphatic rings. The van der Waals surface area contributed by atoms with Crippen molar-refractivity contribution in [3.8, 4) is 22.2 Å². The van der Waals surface area contributed by atoms with Crippen LogP contribution in [-0.4, -0.2) is 69.9 Å². The van der Waals surface area contributed by atoms with Crippen molar-refractivity contribution >= 4 is 33.0 Å². The molecule has 0 spiro atoms. The lowest BCUT2D eigenvalue weighted by Crippen LogP contribution is -2.40. The van der Waals surface area contributed by atoms with Crippen LogP contribution >= 0.6 is 11.3 Å². The number of thiophene rings is 1. The Hall–Kier alpha value is -3.16. The first kappa shape index (κ1) is 23.0. The highest BCUT2D eigenvalue weighted by atomic mass is 32.2. The van der Waals surface area contributed by atoms with Crippen LogP contribution in [0.25, 0.3) is 10.7 Å². The molecule has 1 aliphatic heterocycles. The van der Waals surface area contributed by atoms with Gasteiger partial charge in [0.15, 0.2) is 0 Å². The first-order chi connectivity index (χ1) is 15.8. The van der Waals surface area contributed by atoms with Crippen LogP contribution in [0.5, 0.6) is 11.5 Å². The van der Waals surface area contributed by atoms with E-state index in [2.05, 4.69) is 14.9 Å². The fourth-order valence-electron chi connectivity index (χ4n) is 3.23. The number of rotatable bonds is 7. The summed E-state index contributed by atoms with van der Waals surface area (Å²) in [6, 6.07) is 6.18. The average molecular weight is 495 g/mol. The van der Waals surface area contributed by atoms with Crippen LogP contribution < -0.4 is 14.2 Å². The molecule has 13 heteroatoms. The highest BCUT2D eigenvalue weighted by Crippen LogP contribution is 2.34. The van der Waals surface area contributed by atoms with Crippen LogP contribution in [0, 0.1) is 6.92 Å². The SMILES string of the molecule is COc1cc(NS(=O)(=O)c2cc(-c3noc(C(=O)N4CCOCC4)n3)sc2C)cc(OC)c1. The van der Waals surface area contributed by atoms with E-state index in [0.29, 0.717) is 47.6 Å². The van der Waals surface area contributed by atoms with Crippen molar-refractivity contribution in [1.29, 1.82) is 0 Å². The monoisotopic (exact) mass is 494 g/mol. The van der Waals surface area contributed by atoms with Crippen LogP contribution in [0.3, 0.4) is 0 Å². The van der Waals surface area contributed by atoms with Crippen molar-refractivity contribution in [2.75, 3.05) is 45.2 Å². The van der Waals surface area contributed by atoms with Gasteiger partial charge in [0, 0.05) is 36.2 Å². The van der Waals surface area contributed by atoms with E-state index in [0.717, 1.165) is 0 Å². The maximum atomic E-state index is 13.1. The van der Waals surface area contributed by atoms with Crippen molar-refractivity contribution < 1.29 is 31.9 Å². The number of benzene rings is 1. The summed E-state index contributed by atoms with van der Waals surface area (Å²) >= 11 is 1.18. The van der Waals surface area contributed by atoms with Crippen LogP contribution in [0.4, 0.5) is 5.69 Å². The molecule has 176 valence electrons. The van der Waals surface area contributed by atoms with Gasteiger partial charge < -0.3 is 23.6 Å². The van der Waals surface area contributed by atoms with E-state index in [-0.39, 0.29) is 28.2 Å². The first-order valence-electron chi connectivity index (χ1n) is 9.88. The number of hydrogen-bond donors (Lipinski definition) is 1. The van der Waals surface area contributed by atoms with Gasteiger partial charge in [0.1, 0.15) is 16.4 Å². The Morgan fingerprint density at radius 1 is 1.12 bits per heavy atom. The summed E-state index contributed by atoms with van der Waals surface area (Å²) in [5.74, 6) is 0.498. The molecule has 2 aromatic heterocycles. The molecule has 1 amide bonds. The van der Waals surface area contributed by atoms with Gasteiger partial charge >= 0.3 is 11.8 Å². The third-order valence-electron chi connectivity index (χ3n) is 4.89. The fourth-order valence-corrected chi connectivity index (χ4v) is 5.79. The van der Waals surface area contributed by atoms with E-state index in [1.807, 2.05) is 0 Å². The number of aromatic nitrogens is 2. The topological polar surface area (TPSA) is 133 Å². The van der Waals surface area contributed by atoms with Gasteiger partial charge in [-0.1, -0.05) is 5.16 Å². The summed E-state index contributed by atoms with van der Waals surface area (Å²) in [5, 5.41) is 3.87. The van der Waals surface area contributed by atoms with E-state index in [9.17, 15) is 13.2 Å². The second kappa shape index (κ2) is 9.37. The highest BCUT2D eigenvalue weighted by Gasteiger charge is 2.27. The second-order valence-electron chi connectivity index (χ2n) is 7.07. The van der Waals surface area contributed by atoms with Gasteiger partial charge in [-0.15, -0.1) is 11.3 Å². The third kappa shape index (κ3) is 4.94. The number of aryl methyl sites for hydroxylation is 1. The lowest BCUT2D eigenvalue weighted by Gasteiger charge is -2.25. The van der Waals surface area contributed by atoms with Gasteiger partial charge in [0.2, 0.25) is 5.82 Å². The van der Waals surface area contributed by atoms with E-state index in [4.69, 9.17) is 18.7 Å². The summed E-state index contributed by atoms with van der Waals surface area (Å²) in [5.41, 5.74) is 0.288. The van der Waals surface area contributed by atoms with Crippen molar-refractivity contribution in [1.82, 2.24) is 15.0 Å². The summed E-state index contributed by atoms with van der Waals surface area (Å²) < 4.78 is 49.4. The van der Waals surface area contributed by atoms with Crippen molar-refractivity contribution in [2.45, 2.75) is 11.8 Å². The van der Waals surface area contributed by atoms with E-state index < -0.39 is 10.0 Å². The molecule has 3 aromatic rings. The van der Waals surface area contributed by atoms with Crippen LogP contribution in [0.2, 0.25) is 0 Å². The average Bonchev–Trinajstić information content (AvgIpc) is 3.46. The fraction of sp³-hybridized carbons (Fsp3) is 0.350. The van der Waals surface area contributed by atoms with Gasteiger partial charge in [0.05, 0.1) is 38.0 Å². The molecular weight excluding hydrogens is 472 g/mol. The Balaban J connectivity index is 1.57. The molecule has 1 fully saturated rings. The number of methoxy groups -OCH3 is 2. The Labute approximate surface area is 194 Å². The van der Waals surface area contributed by atoms with E-state index in [1.165, 1.54) is 31.6 Å². The largest absolute Gasteiger partial charge is 0.497 e. The number of sulfonamides is 1. The molecule has 0 atom stereocenters. The zero-order chi connectivity index (χ0) is 23.6. The lowest BCUT2D eigenvalue weighted by atomic mass is 10.3. The molecule has 3 heterocycles. The number of nitrogens with zero attached hydrogens (tertiary/aromatic N) is 3. The number of anilines is 1. The molecule has 0 aliphatic carbocycles. The van der Waals surface area contributed by atoms with Crippen molar-refractivity contribution in [3.63, 3.8) is 0 Å². The second-order valence-corrected chi connectivity index (χ2v) is 9.97. The van der Waals surface area contributed by atoms with Crippen molar-refractivity contribution in [3.05, 3.63) is 35.0 Å². The smallest absolute Gasteiger partial charge is 0.316 e. The molecule has 0 unspecified atom stereocenters. The molecule has 0 radical (unpaired) electrons. The summed E-state index contributed by atoms with van der Waals surface area (Å²) in [6.07, 6.45) is 0. The van der Waals surface area contributed by atoms with Gasteiger partial charge in [-0.25, -0.2) is 8.42 Å². The number of nitrogens with one attached hydrogen (secondary N) is 1. The maximum absolute atomic E-state index is 13.1. The van der Waals surface area contributed by atoms with Gasteiger partial charge in [-0.2, -0.15) is 4.98 Å². The minimum Gasteiger partial charge on any atom is -0.497 e. The molecule has 0 saturated carbocycles. The molecule has 1 N–H and O–H groups in total. The predicted molar refractivity (Wildman–Crippen MR) is 119 cm³/mol. The van der Waals surface area contributed by atoms with Gasteiger partial charge in [0.25, 0.3) is 10.0 Å². The number of amides is 1. The molecule has 1 saturated heterocycles. The van der Waals surface area contributed by atoms with Crippen LogP contribution in [-0.2, 0) is 14.8 Å². The quantitative estimate of drug-likeness (QED) is 0.525. The summed E-state index contributed by atoms with van der Waals surface area (Å²) in [7, 11) is -0.979. The summed E-state index contributed by atoms with van der Waals surface area (Å²) in [4.78, 5) is 19.3. The maximum Gasteiger partial charge on any atom is 0.316 e. The standard InChI is InChI=1S/C20H22N4O7S2/c1-12-17(33(26,27)23-13-8-14(28-2)10-15(9-13)29-3)11-16(32-12)18-21-19(31-22-18)20(25)24-4-6-30-7-5-24/h8-11,23H,4-7H2,1-3H3. The minimum atomic E-state index is -3.93. The molecule has 33 heavy (non-hydrogen) atoms. The summed E-state index contributed by atoms with van der Waals surface area (Å²) in [6.45, 7) is 3.46. The highest BCUT2D eigenvalue weighted by molar-refractivity contribution is 7.93. The number of carbonyl (C=O) groups is 1. The van der Waals surface area contributed by atoms with Crippen LogP contribution in [0.15, 0.2) is 33.7 Å². The zero-order valence-electron chi connectivity index (χ0n) is 18.2. The number of hydrogen-bond acceptors (Lipinski definition) is 10. The minimum absolute atomic E-state index is 0.0649. The Kier molecular flexibility index (Phi) is 6.54. The molecule has 4 rings (SSSR count). The number of morpholine rings is 1. The predicted octanol–water partition coefficient (Wildman–Crippen LogP) is 2.40. The van der Waals surface area contributed by atoms with Gasteiger partial charge in [-0.3, -0.25) is 9.52 Å². The van der Waals surface area contributed by atoms with Crippen molar-refractivity contribution in [2.24, 2.45) is 0 Å². The molecule has 0 bridgehead atoms. The normalized spacial score (nSPS) is 14.2. The van der Waals surface area contributed by atoms with Crippen LogP contribution in [0.1, 0.15) is 15.6 Å².